The van der Waals surface area contributed by atoms with Crippen LogP contribution in [0, 0.1) is 0 Å². The molecule has 5 heteroatoms. The maximum atomic E-state index is 12.5. The van der Waals surface area contributed by atoms with Gasteiger partial charge in [-0.2, -0.15) is 0 Å². The first kappa shape index (κ1) is 17.2. The molecule has 0 saturated heterocycles. The Hall–Kier alpha value is -2.14. The van der Waals surface area contributed by atoms with Gasteiger partial charge in [-0.3, -0.25) is 9.59 Å². The molecule has 0 fully saturated rings. The van der Waals surface area contributed by atoms with E-state index in [-0.39, 0.29) is 12.3 Å². The summed E-state index contributed by atoms with van der Waals surface area (Å²) in [5.74, 6) is -0.747. The number of benzene rings is 1. The molecule has 4 nitrogen and oxygen atoms in total. The van der Waals surface area contributed by atoms with E-state index in [1.165, 1.54) is 4.88 Å². The van der Waals surface area contributed by atoms with Crippen molar-refractivity contribution >= 4 is 23.2 Å². The first-order valence-electron chi connectivity index (χ1n) is 7.71. The zero-order valence-electron chi connectivity index (χ0n) is 13.0. The molecule has 1 heterocycles. The fourth-order valence-corrected chi connectivity index (χ4v) is 3.07. The minimum Gasteiger partial charge on any atom is -0.481 e. The fraction of sp³-hybridized carbons (Fsp3) is 0.333. The molecule has 0 radical (unpaired) electrons. The summed E-state index contributed by atoms with van der Waals surface area (Å²) in [5, 5.41) is 10.8. The topological polar surface area (TPSA) is 57.6 Å². The van der Waals surface area contributed by atoms with Crippen LogP contribution in [0.25, 0.3) is 0 Å². The predicted octanol–water partition coefficient (Wildman–Crippen LogP) is 3.57. The van der Waals surface area contributed by atoms with E-state index in [1.54, 1.807) is 16.2 Å². The zero-order chi connectivity index (χ0) is 16.5. The normalized spacial score (nSPS) is 10.4. The van der Waals surface area contributed by atoms with Gasteiger partial charge in [-0.05, 0) is 29.9 Å². The number of aliphatic carboxylic acids is 1. The third kappa shape index (κ3) is 6.24. The maximum Gasteiger partial charge on any atom is 0.303 e. The molecule has 2 rings (SSSR count). The Morgan fingerprint density at radius 2 is 1.83 bits per heavy atom. The first-order valence-corrected chi connectivity index (χ1v) is 8.59. The number of carbonyl (C=O) groups excluding carboxylic acids is 1. The van der Waals surface area contributed by atoms with Crippen molar-refractivity contribution in [1.29, 1.82) is 0 Å². The minimum absolute atomic E-state index is 0.0765. The molecule has 1 aromatic heterocycles. The molecule has 0 aliphatic rings. The number of thiophene rings is 1. The molecule has 0 unspecified atom stereocenters. The molecule has 0 bridgehead atoms. The Labute approximate surface area is 140 Å². The zero-order valence-corrected chi connectivity index (χ0v) is 13.8. The number of carboxylic acids is 1. The highest BCUT2D eigenvalue weighted by Gasteiger charge is 2.14. The summed E-state index contributed by atoms with van der Waals surface area (Å²) in [6.07, 6.45) is 1.76. The summed E-state index contributed by atoms with van der Waals surface area (Å²) in [4.78, 5) is 26.2. The highest BCUT2D eigenvalue weighted by molar-refractivity contribution is 7.09. The molecule has 0 atom stereocenters. The van der Waals surface area contributed by atoms with E-state index in [1.807, 2.05) is 47.8 Å². The lowest BCUT2D eigenvalue weighted by Gasteiger charge is -2.22. The SMILES string of the molecule is O=C(O)CCCN(Cc1ccccc1)C(=O)CCc1cccs1. The molecule has 1 amide bonds. The number of hydrogen-bond donors (Lipinski definition) is 1. The van der Waals surface area contributed by atoms with Gasteiger partial charge in [0.25, 0.3) is 0 Å². The van der Waals surface area contributed by atoms with Crippen LogP contribution in [-0.2, 0) is 22.6 Å². The number of carboxylic acid groups (broad SMARTS) is 1. The van der Waals surface area contributed by atoms with Crippen molar-refractivity contribution < 1.29 is 14.7 Å². The van der Waals surface area contributed by atoms with Gasteiger partial charge < -0.3 is 10.0 Å². The average molecular weight is 331 g/mol. The van der Waals surface area contributed by atoms with Crippen molar-refractivity contribution in [2.75, 3.05) is 6.54 Å². The number of rotatable bonds is 9. The molecule has 0 aliphatic heterocycles. The number of amides is 1. The van der Waals surface area contributed by atoms with Gasteiger partial charge in [-0.25, -0.2) is 0 Å². The Bertz CT molecular complexity index is 610. The van der Waals surface area contributed by atoms with E-state index in [4.69, 9.17) is 5.11 Å². The summed E-state index contributed by atoms with van der Waals surface area (Å²) >= 11 is 1.65. The lowest BCUT2D eigenvalue weighted by Crippen LogP contribution is -2.32. The van der Waals surface area contributed by atoms with Crippen LogP contribution < -0.4 is 0 Å². The van der Waals surface area contributed by atoms with Crippen molar-refractivity contribution in [3.05, 3.63) is 58.3 Å². The van der Waals surface area contributed by atoms with E-state index in [0.717, 1.165) is 12.0 Å². The average Bonchev–Trinajstić information content (AvgIpc) is 3.06. The number of carbonyl (C=O) groups is 2. The van der Waals surface area contributed by atoms with Crippen molar-refractivity contribution in [2.45, 2.75) is 32.2 Å². The van der Waals surface area contributed by atoms with Crippen LogP contribution in [0.3, 0.4) is 0 Å². The molecule has 23 heavy (non-hydrogen) atoms. The third-order valence-electron chi connectivity index (χ3n) is 3.55. The Morgan fingerprint density at radius 3 is 2.48 bits per heavy atom. The number of hydrogen-bond acceptors (Lipinski definition) is 3. The minimum atomic E-state index is -0.823. The lowest BCUT2D eigenvalue weighted by molar-refractivity contribution is -0.138. The monoisotopic (exact) mass is 331 g/mol. The van der Waals surface area contributed by atoms with Crippen LogP contribution in [0.1, 0.15) is 29.7 Å². The largest absolute Gasteiger partial charge is 0.481 e. The molecule has 2 aromatic rings. The molecular weight excluding hydrogens is 310 g/mol. The molecular formula is C18H21NO3S. The van der Waals surface area contributed by atoms with E-state index in [0.29, 0.717) is 25.9 Å². The number of aryl methyl sites for hydroxylation is 1. The molecule has 0 aliphatic carbocycles. The second-order valence-corrected chi connectivity index (χ2v) is 6.41. The Morgan fingerprint density at radius 1 is 1.04 bits per heavy atom. The van der Waals surface area contributed by atoms with Gasteiger partial charge in [-0.15, -0.1) is 11.3 Å². The van der Waals surface area contributed by atoms with Crippen molar-refractivity contribution in [1.82, 2.24) is 4.90 Å². The quantitative estimate of drug-likeness (QED) is 0.764. The Kier molecular flexibility index (Phi) is 6.81. The van der Waals surface area contributed by atoms with Gasteiger partial charge in [0, 0.05) is 30.8 Å². The molecule has 122 valence electrons. The second kappa shape index (κ2) is 9.10. The fourth-order valence-electron chi connectivity index (χ4n) is 2.36. The van der Waals surface area contributed by atoms with E-state index < -0.39 is 5.97 Å². The smallest absolute Gasteiger partial charge is 0.303 e. The first-order chi connectivity index (χ1) is 11.1. The van der Waals surface area contributed by atoms with E-state index in [2.05, 4.69) is 0 Å². The summed E-state index contributed by atoms with van der Waals surface area (Å²) in [7, 11) is 0. The summed E-state index contributed by atoms with van der Waals surface area (Å²) in [6, 6.07) is 13.8. The second-order valence-electron chi connectivity index (χ2n) is 5.38. The van der Waals surface area contributed by atoms with Crippen molar-refractivity contribution in [3.8, 4) is 0 Å². The molecule has 0 spiro atoms. The highest BCUT2D eigenvalue weighted by atomic mass is 32.1. The molecule has 0 saturated carbocycles. The van der Waals surface area contributed by atoms with Crippen LogP contribution in [0.15, 0.2) is 47.8 Å². The lowest BCUT2D eigenvalue weighted by atomic mass is 10.1. The van der Waals surface area contributed by atoms with Crippen LogP contribution >= 0.6 is 11.3 Å². The van der Waals surface area contributed by atoms with Crippen LogP contribution in [0.4, 0.5) is 0 Å². The highest BCUT2D eigenvalue weighted by Crippen LogP contribution is 2.13. The Balaban J connectivity index is 1.93. The van der Waals surface area contributed by atoms with E-state index in [9.17, 15) is 9.59 Å². The molecule has 1 aromatic carbocycles. The van der Waals surface area contributed by atoms with Crippen molar-refractivity contribution in [3.63, 3.8) is 0 Å². The molecule has 1 N–H and O–H groups in total. The van der Waals surface area contributed by atoms with Crippen LogP contribution in [0.5, 0.6) is 0 Å². The summed E-state index contributed by atoms with van der Waals surface area (Å²) in [6.45, 7) is 1.01. The van der Waals surface area contributed by atoms with Crippen molar-refractivity contribution in [2.24, 2.45) is 0 Å². The standard InChI is InChI=1S/C18H21NO3S/c20-17(11-10-16-8-5-13-23-16)19(12-4-9-18(21)22)14-15-6-2-1-3-7-15/h1-3,5-8,13H,4,9-12,14H2,(H,21,22). The third-order valence-corrected chi connectivity index (χ3v) is 4.49. The van der Waals surface area contributed by atoms with Crippen LogP contribution in [-0.4, -0.2) is 28.4 Å². The number of nitrogens with zero attached hydrogens (tertiary/aromatic N) is 1. The van der Waals surface area contributed by atoms with Gasteiger partial charge in [0.05, 0.1) is 0 Å². The summed E-state index contributed by atoms with van der Waals surface area (Å²) < 4.78 is 0. The van der Waals surface area contributed by atoms with Gasteiger partial charge in [0.2, 0.25) is 5.91 Å². The van der Waals surface area contributed by atoms with E-state index >= 15 is 0 Å². The van der Waals surface area contributed by atoms with Gasteiger partial charge in [0.1, 0.15) is 0 Å². The van der Waals surface area contributed by atoms with Crippen LogP contribution in [0.2, 0.25) is 0 Å². The predicted molar refractivity (Wildman–Crippen MR) is 91.4 cm³/mol. The van der Waals surface area contributed by atoms with Gasteiger partial charge >= 0.3 is 5.97 Å². The summed E-state index contributed by atoms with van der Waals surface area (Å²) in [5.41, 5.74) is 1.06. The van der Waals surface area contributed by atoms with Gasteiger partial charge in [-0.1, -0.05) is 36.4 Å². The van der Waals surface area contributed by atoms with Gasteiger partial charge in [0.15, 0.2) is 0 Å². The maximum absolute atomic E-state index is 12.5.